The summed E-state index contributed by atoms with van der Waals surface area (Å²) in [6, 6.07) is 5.40. The lowest BCUT2D eigenvalue weighted by Crippen LogP contribution is -1.94. The topological polar surface area (TPSA) is 52.3 Å². The number of hydrogen-bond donors (Lipinski definition) is 1. The van der Waals surface area contributed by atoms with Crippen molar-refractivity contribution < 1.29 is 9.53 Å². The summed E-state index contributed by atoms with van der Waals surface area (Å²) in [4.78, 5) is 10.3. The minimum absolute atomic E-state index is 0.569. The Hall–Kier alpha value is -1.35. The van der Waals surface area contributed by atoms with E-state index in [2.05, 4.69) is 4.74 Å². The predicted octanol–water partition coefficient (Wildman–Crippen LogP) is 3.07. The maximum absolute atomic E-state index is 10.3. The molecule has 2 N–H and O–H groups in total. The van der Waals surface area contributed by atoms with Gasteiger partial charge in [-0.2, -0.15) is 0 Å². The molecule has 0 aliphatic carbocycles. The lowest BCUT2D eigenvalue weighted by atomic mass is 10.1. The summed E-state index contributed by atoms with van der Waals surface area (Å²) in [5, 5.41) is 0. The fourth-order valence-electron chi connectivity index (χ4n) is 0.806. The van der Waals surface area contributed by atoms with Crippen LogP contribution in [0.1, 0.15) is 36.7 Å². The zero-order valence-electron chi connectivity index (χ0n) is 10.9. The van der Waals surface area contributed by atoms with Gasteiger partial charge < -0.3 is 10.5 Å². The van der Waals surface area contributed by atoms with Gasteiger partial charge in [-0.1, -0.05) is 26.0 Å². The number of carbonyl (C=O) groups excluding carboxylic acids is 1. The summed E-state index contributed by atoms with van der Waals surface area (Å²) in [6.45, 7) is 8.66. The van der Waals surface area contributed by atoms with Crippen LogP contribution < -0.4 is 5.73 Å². The number of nitrogen functional groups attached to an aromatic ring is 1. The second kappa shape index (κ2) is 11.7. The van der Waals surface area contributed by atoms with Gasteiger partial charge in [-0.25, -0.2) is 0 Å². The number of ether oxygens (including phenoxy) is 1. The molecule has 3 heteroatoms. The largest absolute Gasteiger partial charge is 0.398 e. The summed E-state index contributed by atoms with van der Waals surface area (Å²) in [5.74, 6) is 0. The third-order valence-electron chi connectivity index (χ3n) is 1.77. The Morgan fingerprint density at radius 3 is 2.19 bits per heavy atom. The van der Waals surface area contributed by atoms with Crippen LogP contribution >= 0.6 is 0 Å². The molecule has 0 amide bonds. The first-order valence-electron chi connectivity index (χ1n) is 5.46. The van der Waals surface area contributed by atoms with Gasteiger partial charge in [-0.15, -0.1) is 0 Å². The van der Waals surface area contributed by atoms with Crippen LogP contribution in [-0.2, 0) is 4.74 Å². The molecule has 0 radical (unpaired) electrons. The van der Waals surface area contributed by atoms with Crippen molar-refractivity contribution in [3.05, 3.63) is 29.3 Å². The minimum atomic E-state index is 0.569. The highest BCUT2D eigenvalue weighted by molar-refractivity contribution is 5.84. The molecule has 0 saturated carbocycles. The van der Waals surface area contributed by atoms with Crippen molar-refractivity contribution in [1.29, 1.82) is 0 Å². The minimum Gasteiger partial charge on any atom is -0.398 e. The molecule has 0 aliphatic heterocycles. The average molecular weight is 225 g/mol. The zero-order chi connectivity index (χ0) is 13.0. The van der Waals surface area contributed by atoms with E-state index in [0.29, 0.717) is 11.3 Å². The van der Waals surface area contributed by atoms with Crippen LogP contribution in [0.15, 0.2) is 18.2 Å². The number of hydrogen-bond acceptors (Lipinski definition) is 3. The number of nitrogens with two attached hydrogens (primary N) is 1. The molecule has 0 spiro atoms. The molecular formula is C13H23NO2. The molecule has 1 aromatic rings. The van der Waals surface area contributed by atoms with Gasteiger partial charge >= 0.3 is 0 Å². The standard InChI is InChI=1S/C8H9NO.C3H8O.C2H6/c1-6-3-2-4-7(5-10)8(6)9;1-3-4-2;1-2/h2-5H,9H2,1H3;3H2,1-2H3;1-2H3. The SMILES string of the molecule is CC.CCOC.Cc1cccc(C=O)c1N. The molecule has 0 fully saturated rings. The molecule has 0 aliphatic rings. The monoisotopic (exact) mass is 225 g/mol. The van der Waals surface area contributed by atoms with Crippen LogP contribution in [0.5, 0.6) is 0 Å². The van der Waals surface area contributed by atoms with E-state index >= 15 is 0 Å². The summed E-state index contributed by atoms with van der Waals surface area (Å²) >= 11 is 0. The molecule has 0 heterocycles. The summed E-state index contributed by atoms with van der Waals surface area (Å²) in [5.41, 5.74) is 7.66. The van der Waals surface area contributed by atoms with Gasteiger partial charge in [-0.3, -0.25) is 4.79 Å². The smallest absolute Gasteiger partial charge is 0.152 e. The van der Waals surface area contributed by atoms with Gasteiger partial charge in [0.05, 0.1) is 0 Å². The number of benzene rings is 1. The van der Waals surface area contributed by atoms with Crippen LogP contribution in [0.25, 0.3) is 0 Å². The van der Waals surface area contributed by atoms with E-state index in [9.17, 15) is 4.79 Å². The zero-order valence-corrected chi connectivity index (χ0v) is 10.9. The summed E-state index contributed by atoms with van der Waals surface area (Å²) in [7, 11) is 1.68. The van der Waals surface area contributed by atoms with Crippen LogP contribution in [0.4, 0.5) is 5.69 Å². The van der Waals surface area contributed by atoms with Crippen molar-refractivity contribution in [2.45, 2.75) is 27.7 Å². The van der Waals surface area contributed by atoms with E-state index in [1.54, 1.807) is 13.2 Å². The highest BCUT2D eigenvalue weighted by atomic mass is 16.5. The number of rotatable bonds is 2. The fourth-order valence-corrected chi connectivity index (χ4v) is 0.806. The molecule has 0 saturated heterocycles. The Morgan fingerprint density at radius 1 is 1.38 bits per heavy atom. The van der Waals surface area contributed by atoms with Gasteiger partial charge in [0, 0.05) is 25.0 Å². The van der Waals surface area contributed by atoms with Gasteiger partial charge in [0.25, 0.3) is 0 Å². The van der Waals surface area contributed by atoms with E-state index in [0.717, 1.165) is 18.5 Å². The quantitative estimate of drug-likeness (QED) is 0.621. The number of aryl methyl sites for hydroxylation is 1. The Kier molecular flexibility index (Phi) is 12.5. The second-order valence-corrected chi connectivity index (χ2v) is 2.77. The van der Waals surface area contributed by atoms with Crippen molar-refractivity contribution in [2.24, 2.45) is 0 Å². The Labute approximate surface area is 98.6 Å². The highest BCUT2D eigenvalue weighted by Crippen LogP contribution is 2.13. The van der Waals surface area contributed by atoms with Crippen LogP contribution in [-0.4, -0.2) is 20.0 Å². The first-order valence-corrected chi connectivity index (χ1v) is 5.46. The summed E-state index contributed by atoms with van der Waals surface area (Å²) in [6.07, 6.45) is 0.766. The van der Waals surface area contributed by atoms with Crippen LogP contribution in [0, 0.1) is 6.92 Å². The number of anilines is 1. The third kappa shape index (κ3) is 7.01. The third-order valence-corrected chi connectivity index (χ3v) is 1.77. The van der Waals surface area contributed by atoms with Gasteiger partial charge in [0.1, 0.15) is 0 Å². The van der Waals surface area contributed by atoms with Crippen LogP contribution in [0.2, 0.25) is 0 Å². The molecular weight excluding hydrogens is 202 g/mol. The molecule has 92 valence electrons. The summed E-state index contributed by atoms with van der Waals surface area (Å²) < 4.78 is 4.54. The van der Waals surface area contributed by atoms with Gasteiger partial charge in [0.15, 0.2) is 6.29 Å². The molecule has 16 heavy (non-hydrogen) atoms. The van der Waals surface area contributed by atoms with E-state index in [-0.39, 0.29) is 0 Å². The first-order chi connectivity index (χ1) is 7.67. The lowest BCUT2D eigenvalue weighted by molar-refractivity contribution is 0.112. The highest BCUT2D eigenvalue weighted by Gasteiger charge is 1.97. The normalized spacial score (nSPS) is 8.06. The van der Waals surface area contributed by atoms with E-state index < -0.39 is 0 Å². The van der Waals surface area contributed by atoms with Crippen molar-refractivity contribution >= 4 is 12.0 Å². The second-order valence-electron chi connectivity index (χ2n) is 2.77. The number of para-hydroxylation sites is 1. The fraction of sp³-hybridized carbons (Fsp3) is 0.462. The average Bonchev–Trinajstić information content (AvgIpc) is 2.35. The molecule has 0 bridgehead atoms. The lowest BCUT2D eigenvalue weighted by Gasteiger charge is -1.99. The number of aldehydes is 1. The van der Waals surface area contributed by atoms with Crippen molar-refractivity contribution in [1.82, 2.24) is 0 Å². The van der Waals surface area contributed by atoms with E-state index in [1.807, 2.05) is 39.8 Å². The molecule has 1 aromatic carbocycles. The molecule has 3 nitrogen and oxygen atoms in total. The van der Waals surface area contributed by atoms with Crippen molar-refractivity contribution in [3.8, 4) is 0 Å². The first kappa shape index (κ1) is 17.1. The molecule has 0 aromatic heterocycles. The number of methoxy groups -OCH3 is 1. The molecule has 1 rings (SSSR count). The van der Waals surface area contributed by atoms with E-state index in [1.165, 1.54) is 0 Å². The Bertz CT molecular complexity index is 283. The molecule has 0 atom stereocenters. The maximum atomic E-state index is 10.3. The van der Waals surface area contributed by atoms with Crippen molar-refractivity contribution in [2.75, 3.05) is 19.5 Å². The van der Waals surface area contributed by atoms with Crippen molar-refractivity contribution in [3.63, 3.8) is 0 Å². The van der Waals surface area contributed by atoms with Gasteiger partial charge in [0.2, 0.25) is 0 Å². The molecule has 0 unspecified atom stereocenters. The predicted molar refractivity (Wildman–Crippen MR) is 69.9 cm³/mol. The Balaban J connectivity index is 0. The van der Waals surface area contributed by atoms with E-state index in [4.69, 9.17) is 5.73 Å². The number of carbonyl (C=O) groups is 1. The van der Waals surface area contributed by atoms with Crippen LogP contribution in [0.3, 0.4) is 0 Å². The Morgan fingerprint density at radius 2 is 1.88 bits per heavy atom. The van der Waals surface area contributed by atoms with Gasteiger partial charge in [-0.05, 0) is 25.5 Å². The maximum Gasteiger partial charge on any atom is 0.152 e.